The summed E-state index contributed by atoms with van der Waals surface area (Å²) in [5, 5.41) is 3.03. The molecule has 0 aliphatic heterocycles. The Kier molecular flexibility index (Phi) is 5.12. The zero-order valence-electron chi connectivity index (χ0n) is 12.5. The molecule has 1 atom stereocenters. The van der Waals surface area contributed by atoms with E-state index in [0.29, 0.717) is 18.0 Å². The van der Waals surface area contributed by atoms with Crippen molar-refractivity contribution in [1.82, 2.24) is 5.32 Å². The third-order valence-electron chi connectivity index (χ3n) is 3.63. The van der Waals surface area contributed by atoms with Crippen LogP contribution in [0.4, 0.5) is 0 Å². The minimum Gasteiger partial charge on any atom is -0.348 e. The lowest BCUT2D eigenvalue weighted by molar-refractivity contribution is 0.0928. The fraction of sp³-hybridized carbons (Fsp3) is 0.278. The van der Waals surface area contributed by atoms with Crippen LogP contribution >= 0.6 is 0 Å². The summed E-state index contributed by atoms with van der Waals surface area (Å²) in [7, 11) is 0. The van der Waals surface area contributed by atoms with E-state index in [1.807, 2.05) is 54.6 Å². The fourth-order valence-corrected chi connectivity index (χ4v) is 2.29. The quantitative estimate of drug-likeness (QED) is 0.885. The molecular weight excluding hydrogens is 260 g/mol. The second-order valence-electron chi connectivity index (χ2n) is 5.47. The lowest BCUT2D eigenvalue weighted by Crippen LogP contribution is -2.43. The second kappa shape index (κ2) is 7.04. The SMILES string of the molecule is CC(C)[C@@H](CN)NC(=O)c1ccccc1-c1ccccc1. The van der Waals surface area contributed by atoms with Gasteiger partial charge in [0.25, 0.3) is 5.91 Å². The van der Waals surface area contributed by atoms with Crippen molar-refractivity contribution < 1.29 is 4.79 Å². The number of hydrogen-bond donors (Lipinski definition) is 2. The molecule has 0 aliphatic rings. The lowest BCUT2D eigenvalue weighted by atomic mass is 9.98. The minimum absolute atomic E-state index is 0.0127. The zero-order valence-corrected chi connectivity index (χ0v) is 12.5. The van der Waals surface area contributed by atoms with Crippen LogP contribution in [0.15, 0.2) is 54.6 Å². The second-order valence-corrected chi connectivity index (χ2v) is 5.47. The van der Waals surface area contributed by atoms with Crippen molar-refractivity contribution >= 4 is 5.91 Å². The van der Waals surface area contributed by atoms with Crippen LogP contribution in [0.3, 0.4) is 0 Å². The summed E-state index contributed by atoms with van der Waals surface area (Å²) in [6.45, 7) is 4.55. The Labute approximate surface area is 126 Å². The topological polar surface area (TPSA) is 55.1 Å². The highest BCUT2D eigenvalue weighted by molar-refractivity contribution is 6.01. The van der Waals surface area contributed by atoms with Gasteiger partial charge < -0.3 is 11.1 Å². The highest BCUT2D eigenvalue weighted by Gasteiger charge is 2.18. The standard InChI is InChI=1S/C18H22N2O/c1-13(2)17(12-19)20-18(21)16-11-7-6-10-15(16)14-8-4-3-5-9-14/h3-11,13,17H,12,19H2,1-2H3,(H,20,21)/t17-/m1/s1. The molecule has 1 amide bonds. The Morgan fingerprint density at radius 3 is 2.29 bits per heavy atom. The number of nitrogens with two attached hydrogens (primary N) is 1. The highest BCUT2D eigenvalue weighted by atomic mass is 16.1. The van der Waals surface area contributed by atoms with Crippen molar-refractivity contribution in [3.05, 3.63) is 60.2 Å². The van der Waals surface area contributed by atoms with Gasteiger partial charge in [-0.05, 0) is 23.1 Å². The Hall–Kier alpha value is -2.13. The first kappa shape index (κ1) is 15.3. The van der Waals surface area contributed by atoms with Gasteiger partial charge in [0.15, 0.2) is 0 Å². The van der Waals surface area contributed by atoms with Gasteiger partial charge in [0, 0.05) is 18.2 Å². The van der Waals surface area contributed by atoms with Gasteiger partial charge in [-0.1, -0.05) is 62.4 Å². The third-order valence-corrected chi connectivity index (χ3v) is 3.63. The normalized spacial score (nSPS) is 12.2. The van der Waals surface area contributed by atoms with Crippen molar-refractivity contribution in [3.8, 4) is 11.1 Å². The van der Waals surface area contributed by atoms with Crippen LogP contribution in [0.2, 0.25) is 0 Å². The van der Waals surface area contributed by atoms with Crippen LogP contribution in [0, 0.1) is 5.92 Å². The average molecular weight is 282 g/mol. The number of carbonyl (C=O) groups is 1. The van der Waals surface area contributed by atoms with E-state index in [1.54, 1.807) is 0 Å². The lowest BCUT2D eigenvalue weighted by Gasteiger charge is -2.21. The maximum Gasteiger partial charge on any atom is 0.252 e. The zero-order chi connectivity index (χ0) is 15.2. The predicted octanol–water partition coefficient (Wildman–Crippen LogP) is 3.07. The molecule has 2 aromatic carbocycles. The van der Waals surface area contributed by atoms with Gasteiger partial charge in [-0.3, -0.25) is 4.79 Å². The molecule has 0 aromatic heterocycles. The molecule has 2 rings (SSSR count). The number of hydrogen-bond acceptors (Lipinski definition) is 2. The molecule has 3 heteroatoms. The molecule has 0 fully saturated rings. The van der Waals surface area contributed by atoms with Crippen LogP contribution in [-0.4, -0.2) is 18.5 Å². The van der Waals surface area contributed by atoms with E-state index in [0.717, 1.165) is 11.1 Å². The van der Waals surface area contributed by atoms with E-state index in [9.17, 15) is 4.79 Å². The van der Waals surface area contributed by atoms with Gasteiger partial charge in [-0.25, -0.2) is 0 Å². The molecule has 0 radical (unpaired) electrons. The monoisotopic (exact) mass is 282 g/mol. The summed E-state index contributed by atoms with van der Waals surface area (Å²) < 4.78 is 0. The molecule has 0 bridgehead atoms. The largest absolute Gasteiger partial charge is 0.348 e. The van der Waals surface area contributed by atoms with E-state index in [1.165, 1.54) is 0 Å². The summed E-state index contributed by atoms with van der Waals surface area (Å²) in [5.41, 5.74) is 8.40. The molecule has 0 unspecified atom stereocenters. The van der Waals surface area contributed by atoms with E-state index < -0.39 is 0 Å². The first-order chi connectivity index (χ1) is 10.1. The van der Waals surface area contributed by atoms with Crippen molar-refractivity contribution in [2.45, 2.75) is 19.9 Å². The number of rotatable bonds is 5. The van der Waals surface area contributed by atoms with Gasteiger partial charge in [0.1, 0.15) is 0 Å². The summed E-state index contributed by atoms with van der Waals surface area (Å²) in [6, 6.07) is 17.6. The molecular formula is C18H22N2O. The first-order valence-electron chi connectivity index (χ1n) is 7.29. The van der Waals surface area contributed by atoms with Gasteiger partial charge in [-0.2, -0.15) is 0 Å². The molecule has 0 saturated carbocycles. The molecule has 110 valence electrons. The maximum absolute atomic E-state index is 12.5. The summed E-state index contributed by atoms with van der Waals surface area (Å²) >= 11 is 0. The van der Waals surface area contributed by atoms with Crippen LogP contribution < -0.4 is 11.1 Å². The maximum atomic E-state index is 12.5. The Morgan fingerprint density at radius 1 is 1.05 bits per heavy atom. The molecule has 2 aromatic rings. The van der Waals surface area contributed by atoms with Gasteiger partial charge in [-0.15, -0.1) is 0 Å². The molecule has 21 heavy (non-hydrogen) atoms. The van der Waals surface area contributed by atoms with Crippen molar-refractivity contribution in [2.75, 3.05) is 6.54 Å². The molecule has 0 saturated heterocycles. The van der Waals surface area contributed by atoms with Crippen LogP contribution in [0.25, 0.3) is 11.1 Å². The molecule has 0 heterocycles. The van der Waals surface area contributed by atoms with Crippen LogP contribution in [0.5, 0.6) is 0 Å². The summed E-state index contributed by atoms with van der Waals surface area (Å²) in [5.74, 6) is 0.237. The van der Waals surface area contributed by atoms with Crippen molar-refractivity contribution in [1.29, 1.82) is 0 Å². The number of amides is 1. The van der Waals surface area contributed by atoms with Gasteiger partial charge in [0.05, 0.1) is 0 Å². The fourth-order valence-electron chi connectivity index (χ4n) is 2.29. The number of benzene rings is 2. The van der Waals surface area contributed by atoms with Crippen LogP contribution in [0.1, 0.15) is 24.2 Å². The molecule has 3 nitrogen and oxygen atoms in total. The Morgan fingerprint density at radius 2 is 1.67 bits per heavy atom. The summed E-state index contributed by atoms with van der Waals surface area (Å²) in [6.07, 6.45) is 0. The van der Waals surface area contributed by atoms with Gasteiger partial charge in [0.2, 0.25) is 0 Å². The van der Waals surface area contributed by atoms with Gasteiger partial charge >= 0.3 is 0 Å². The van der Waals surface area contributed by atoms with Crippen molar-refractivity contribution in [2.24, 2.45) is 11.7 Å². The average Bonchev–Trinajstić information content (AvgIpc) is 2.53. The Balaban J connectivity index is 2.30. The number of carbonyl (C=O) groups excluding carboxylic acids is 1. The van der Waals surface area contributed by atoms with E-state index in [4.69, 9.17) is 5.73 Å². The first-order valence-corrected chi connectivity index (χ1v) is 7.29. The smallest absolute Gasteiger partial charge is 0.252 e. The molecule has 3 N–H and O–H groups in total. The highest BCUT2D eigenvalue weighted by Crippen LogP contribution is 2.23. The van der Waals surface area contributed by atoms with Crippen molar-refractivity contribution in [3.63, 3.8) is 0 Å². The molecule has 0 spiro atoms. The van der Waals surface area contributed by atoms with E-state index in [2.05, 4.69) is 19.2 Å². The van der Waals surface area contributed by atoms with Crippen LogP contribution in [-0.2, 0) is 0 Å². The third kappa shape index (κ3) is 3.70. The summed E-state index contributed by atoms with van der Waals surface area (Å²) in [4.78, 5) is 12.5. The minimum atomic E-state index is -0.0707. The molecule has 0 aliphatic carbocycles. The predicted molar refractivity (Wildman–Crippen MR) is 87.0 cm³/mol. The van der Waals surface area contributed by atoms with E-state index in [-0.39, 0.29) is 11.9 Å². The van der Waals surface area contributed by atoms with E-state index >= 15 is 0 Å². The Bertz CT molecular complexity index is 593. The number of nitrogens with one attached hydrogen (secondary N) is 1.